The van der Waals surface area contributed by atoms with E-state index in [0.29, 0.717) is 0 Å². The van der Waals surface area contributed by atoms with Crippen molar-refractivity contribution in [3.05, 3.63) is 63.6 Å². The first-order valence-electron chi connectivity index (χ1n) is 6.32. The third-order valence-electron chi connectivity index (χ3n) is 3.54. The number of fused-ring (bicyclic) bond motifs is 1. The average Bonchev–Trinajstić information content (AvgIpc) is 2.77. The van der Waals surface area contributed by atoms with E-state index < -0.39 is 0 Å². The summed E-state index contributed by atoms with van der Waals surface area (Å²) in [6.07, 6.45) is 3.72. The maximum atomic E-state index is 6.45. The highest BCUT2D eigenvalue weighted by molar-refractivity contribution is 7.12. The molecule has 3 heteroatoms. The fourth-order valence-electron chi connectivity index (χ4n) is 2.32. The SMILES string of the molecule is Cc1cc(C(N)c2cccc3ccncc23)sc1C. The summed E-state index contributed by atoms with van der Waals surface area (Å²) < 4.78 is 0. The first kappa shape index (κ1) is 12.3. The zero-order chi connectivity index (χ0) is 13.4. The highest BCUT2D eigenvalue weighted by Crippen LogP contribution is 2.32. The van der Waals surface area contributed by atoms with E-state index >= 15 is 0 Å². The summed E-state index contributed by atoms with van der Waals surface area (Å²) in [7, 11) is 0. The largest absolute Gasteiger partial charge is 0.320 e. The van der Waals surface area contributed by atoms with Crippen LogP contribution in [0.15, 0.2) is 42.7 Å². The second-order valence-corrected chi connectivity index (χ2v) is 6.10. The van der Waals surface area contributed by atoms with Crippen molar-refractivity contribution in [3.8, 4) is 0 Å². The van der Waals surface area contributed by atoms with Gasteiger partial charge in [0.25, 0.3) is 0 Å². The molecule has 2 N–H and O–H groups in total. The lowest BCUT2D eigenvalue weighted by Crippen LogP contribution is -2.10. The third kappa shape index (κ3) is 2.15. The molecule has 0 bridgehead atoms. The van der Waals surface area contributed by atoms with Crippen LogP contribution in [0.25, 0.3) is 10.8 Å². The van der Waals surface area contributed by atoms with Gasteiger partial charge in [-0.25, -0.2) is 0 Å². The Morgan fingerprint density at radius 1 is 1.21 bits per heavy atom. The Bertz CT molecular complexity index is 706. The van der Waals surface area contributed by atoms with Gasteiger partial charge in [0.15, 0.2) is 0 Å². The molecule has 2 nitrogen and oxygen atoms in total. The molecule has 0 aliphatic carbocycles. The molecule has 0 aliphatic heterocycles. The number of aromatic nitrogens is 1. The molecule has 0 aliphatic rings. The van der Waals surface area contributed by atoms with Crippen LogP contribution in [0.5, 0.6) is 0 Å². The summed E-state index contributed by atoms with van der Waals surface area (Å²) >= 11 is 1.78. The maximum Gasteiger partial charge on any atom is 0.0652 e. The van der Waals surface area contributed by atoms with Crippen LogP contribution in [0, 0.1) is 13.8 Å². The van der Waals surface area contributed by atoms with Gasteiger partial charge in [0.1, 0.15) is 0 Å². The Hall–Kier alpha value is -1.71. The lowest BCUT2D eigenvalue weighted by atomic mass is 9.99. The van der Waals surface area contributed by atoms with E-state index in [9.17, 15) is 0 Å². The fourth-order valence-corrected chi connectivity index (χ4v) is 3.38. The first-order chi connectivity index (χ1) is 9.16. The number of benzene rings is 1. The van der Waals surface area contributed by atoms with Gasteiger partial charge in [0, 0.05) is 27.5 Å². The van der Waals surface area contributed by atoms with Gasteiger partial charge >= 0.3 is 0 Å². The number of nitrogens with two attached hydrogens (primary N) is 1. The van der Waals surface area contributed by atoms with Crippen LogP contribution in [-0.2, 0) is 0 Å². The monoisotopic (exact) mass is 268 g/mol. The van der Waals surface area contributed by atoms with Gasteiger partial charge in [-0.2, -0.15) is 0 Å². The molecule has 0 spiro atoms. The van der Waals surface area contributed by atoms with Crippen molar-refractivity contribution in [1.82, 2.24) is 4.98 Å². The molecule has 2 heterocycles. The van der Waals surface area contributed by atoms with Gasteiger partial charge in [-0.1, -0.05) is 18.2 Å². The highest BCUT2D eigenvalue weighted by Gasteiger charge is 2.15. The average molecular weight is 268 g/mol. The van der Waals surface area contributed by atoms with Crippen molar-refractivity contribution in [1.29, 1.82) is 0 Å². The Morgan fingerprint density at radius 3 is 2.79 bits per heavy atom. The second-order valence-electron chi connectivity index (χ2n) is 4.81. The summed E-state index contributed by atoms with van der Waals surface area (Å²) in [6.45, 7) is 4.27. The normalized spacial score (nSPS) is 12.8. The van der Waals surface area contributed by atoms with E-state index in [1.54, 1.807) is 11.3 Å². The van der Waals surface area contributed by atoms with E-state index in [4.69, 9.17) is 5.73 Å². The van der Waals surface area contributed by atoms with E-state index in [-0.39, 0.29) is 6.04 Å². The summed E-state index contributed by atoms with van der Waals surface area (Å²) in [5.74, 6) is 0. The van der Waals surface area contributed by atoms with Gasteiger partial charge in [-0.3, -0.25) is 4.98 Å². The van der Waals surface area contributed by atoms with Crippen LogP contribution < -0.4 is 5.73 Å². The Labute approximate surface area is 116 Å². The van der Waals surface area contributed by atoms with Crippen LogP contribution in [0.2, 0.25) is 0 Å². The van der Waals surface area contributed by atoms with Crippen LogP contribution in [-0.4, -0.2) is 4.98 Å². The quantitative estimate of drug-likeness (QED) is 0.764. The molecule has 2 aromatic heterocycles. The van der Waals surface area contributed by atoms with Gasteiger partial charge in [0.05, 0.1) is 6.04 Å². The smallest absolute Gasteiger partial charge is 0.0652 e. The van der Waals surface area contributed by atoms with E-state index in [1.165, 1.54) is 20.7 Å². The molecule has 3 rings (SSSR count). The van der Waals surface area contributed by atoms with E-state index in [2.05, 4.69) is 43.1 Å². The van der Waals surface area contributed by atoms with Gasteiger partial charge < -0.3 is 5.73 Å². The number of hydrogen-bond acceptors (Lipinski definition) is 3. The Kier molecular flexibility index (Phi) is 3.09. The molecule has 0 radical (unpaired) electrons. The summed E-state index contributed by atoms with van der Waals surface area (Å²) in [5.41, 5.74) is 8.91. The molecular weight excluding hydrogens is 252 g/mol. The van der Waals surface area contributed by atoms with Crippen molar-refractivity contribution < 1.29 is 0 Å². The molecule has 19 heavy (non-hydrogen) atoms. The van der Waals surface area contributed by atoms with Crippen LogP contribution in [0.1, 0.15) is 26.9 Å². The van der Waals surface area contributed by atoms with Crippen molar-refractivity contribution in [2.24, 2.45) is 5.73 Å². The standard InChI is InChI=1S/C16H16N2S/c1-10-8-15(19-11(10)2)16(17)13-5-3-4-12-6-7-18-9-14(12)13/h3-9,16H,17H2,1-2H3. The number of pyridine rings is 1. The first-order valence-corrected chi connectivity index (χ1v) is 7.13. The number of hydrogen-bond donors (Lipinski definition) is 1. The molecule has 0 saturated carbocycles. The van der Waals surface area contributed by atoms with Gasteiger partial charge in [-0.05, 0) is 42.5 Å². The number of rotatable bonds is 2. The molecular formula is C16H16N2S. The fraction of sp³-hybridized carbons (Fsp3) is 0.188. The van der Waals surface area contributed by atoms with Gasteiger partial charge in [0.2, 0.25) is 0 Å². The Morgan fingerprint density at radius 2 is 2.05 bits per heavy atom. The van der Waals surface area contributed by atoms with E-state index in [0.717, 1.165) is 10.9 Å². The zero-order valence-electron chi connectivity index (χ0n) is 11.1. The minimum absolute atomic E-state index is 0.0784. The van der Waals surface area contributed by atoms with Crippen LogP contribution in [0.3, 0.4) is 0 Å². The summed E-state index contributed by atoms with van der Waals surface area (Å²) in [6, 6.07) is 10.4. The van der Waals surface area contributed by atoms with Crippen molar-refractivity contribution >= 4 is 22.1 Å². The molecule has 3 aromatic rings. The van der Waals surface area contributed by atoms with E-state index in [1.807, 2.05) is 18.5 Å². The predicted molar refractivity (Wildman–Crippen MR) is 81.6 cm³/mol. The van der Waals surface area contributed by atoms with Crippen LogP contribution >= 0.6 is 11.3 Å². The highest BCUT2D eigenvalue weighted by atomic mass is 32.1. The molecule has 0 fully saturated rings. The van der Waals surface area contributed by atoms with Gasteiger partial charge in [-0.15, -0.1) is 11.3 Å². The number of aryl methyl sites for hydroxylation is 2. The lowest BCUT2D eigenvalue weighted by Gasteiger charge is -2.12. The van der Waals surface area contributed by atoms with Crippen molar-refractivity contribution in [2.45, 2.75) is 19.9 Å². The molecule has 1 aromatic carbocycles. The minimum Gasteiger partial charge on any atom is -0.320 e. The molecule has 0 saturated heterocycles. The molecule has 1 unspecified atom stereocenters. The van der Waals surface area contributed by atoms with Crippen molar-refractivity contribution in [3.63, 3.8) is 0 Å². The lowest BCUT2D eigenvalue weighted by molar-refractivity contribution is 0.902. The number of nitrogens with zero attached hydrogens (tertiary/aromatic N) is 1. The summed E-state index contributed by atoms with van der Waals surface area (Å²) in [5, 5.41) is 2.33. The third-order valence-corrected chi connectivity index (χ3v) is 4.78. The minimum atomic E-state index is -0.0784. The predicted octanol–water partition coefficient (Wildman–Crippen LogP) is 3.96. The Balaban J connectivity index is 2.13. The molecule has 96 valence electrons. The zero-order valence-corrected chi connectivity index (χ0v) is 11.9. The van der Waals surface area contributed by atoms with Crippen molar-refractivity contribution in [2.75, 3.05) is 0 Å². The topological polar surface area (TPSA) is 38.9 Å². The number of thiophene rings is 1. The second kappa shape index (κ2) is 4.76. The van der Waals surface area contributed by atoms with Crippen LogP contribution in [0.4, 0.5) is 0 Å². The maximum absolute atomic E-state index is 6.45. The molecule has 1 atom stereocenters. The molecule has 0 amide bonds. The summed E-state index contributed by atoms with van der Waals surface area (Å²) in [4.78, 5) is 6.77.